The summed E-state index contributed by atoms with van der Waals surface area (Å²) in [5.41, 5.74) is 0. The molecular weight excluding hydrogens is 385 g/mol. The molecular formula is C27H59NOP+. The Morgan fingerprint density at radius 1 is 0.467 bits per heavy atom. The van der Waals surface area contributed by atoms with Gasteiger partial charge in [0.15, 0.2) is 0 Å². The number of unbranched alkanes of at least 4 members (excludes halogenated alkanes) is 15. The Kier molecular flexibility index (Phi) is 24.3. The molecule has 0 saturated carbocycles. The van der Waals surface area contributed by atoms with Gasteiger partial charge in [0.2, 0.25) is 0 Å². The molecule has 3 heteroatoms. The summed E-state index contributed by atoms with van der Waals surface area (Å²) < 4.78 is 0. The second-order valence-corrected chi connectivity index (χ2v) is 13.6. The molecule has 182 valence electrons. The Balaban J connectivity index is 4.61. The lowest BCUT2D eigenvalue weighted by Crippen LogP contribution is -2.26. The first-order valence-corrected chi connectivity index (χ1v) is 16.3. The topological polar surface area (TPSA) is 32.3 Å². The number of aliphatic hydroxyl groups excluding tert-OH is 1. The van der Waals surface area contributed by atoms with Crippen LogP contribution in [0.2, 0.25) is 0 Å². The van der Waals surface area contributed by atoms with Crippen LogP contribution in [0, 0.1) is 0 Å². The molecule has 0 spiro atoms. The first kappa shape index (κ1) is 30.4. The summed E-state index contributed by atoms with van der Waals surface area (Å²) >= 11 is 0. The van der Waals surface area contributed by atoms with Crippen molar-refractivity contribution in [3.63, 3.8) is 0 Å². The van der Waals surface area contributed by atoms with Gasteiger partial charge in [0.25, 0.3) is 0 Å². The lowest BCUT2D eigenvalue weighted by molar-refractivity contribution is 0.289. The zero-order valence-corrected chi connectivity index (χ0v) is 22.3. The summed E-state index contributed by atoms with van der Waals surface area (Å²) in [6.45, 7) is 8.29. The maximum Gasteiger partial charge on any atom is 0.0799 e. The highest BCUT2D eigenvalue weighted by molar-refractivity contribution is 7.74. The zero-order chi connectivity index (χ0) is 22.2. The molecule has 0 amide bonds. The minimum atomic E-state index is -1.05. The van der Waals surface area contributed by atoms with Gasteiger partial charge < -0.3 is 5.11 Å². The fourth-order valence-electron chi connectivity index (χ4n) is 4.55. The summed E-state index contributed by atoms with van der Waals surface area (Å²) in [5, 5.41) is 13.4. The molecule has 2 nitrogen and oxygen atoms in total. The minimum absolute atomic E-state index is 0.331. The average molecular weight is 445 g/mol. The van der Waals surface area contributed by atoms with E-state index in [9.17, 15) is 5.11 Å². The molecule has 0 fully saturated rings. The van der Waals surface area contributed by atoms with Gasteiger partial charge in [-0.05, 0) is 44.9 Å². The van der Waals surface area contributed by atoms with Crippen molar-refractivity contribution in [1.29, 1.82) is 0 Å². The standard InChI is InChI=1S/C27H59NOP/c1-4-7-10-13-16-19-25-30(28-23-22-24-29,26-20-17-14-11-8-5-2)27-21-18-15-12-9-6-3/h28-29H,4-27H2,1-3H3/q+1. The first-order valence-electron chi connectivity index (χ1n) is 14.0. The summed E-state index contributed by atoms with van der Waals surface area (Å²) in [6, 6.07) is 0. The van der Waals surface area contributed by atoms with E-state index in [0.29, 0.717) is 6.61 Å². The van der Waals surface area contributed by atoms with Gasteiger partial charge in [-0.25, -0.2) is 0 Å². The molecule has 0 aliphatic rings. The second kappa shape index (κ2) is 24.0. The Labute approximate surface area is 192 Å². The highest BCUT2D eigenvalue weighted by Gasteiger charge is 2.35. The summed E-state index contributed by atoms with van der Waals surface area (Å²) in [4.78, 5) is 0. The fraction of sp³-hybridized carbons (Fsp3) is 1.00. The summed E-state index contributed by atoms with van der Waals surface area (Å²) in [5.74, 6) is 0. The van der Waals surface area contributed by atoms with Crippen LogP contribution < -0.4 is 5.09 Å². The van der Waals surface area contributed by atoms with Crippen LogP contribution in [0.4, 0.5) is 0 Å². The van der Waals surface area contributed by atoms with E-state index in [0.717, 1.165) is 13.0 Å². The van der Waals surface area contributed by atoms with E-state index < -0.39 is 7.41 Å². The van der Waals surface area contributed by atoms with Gasteiger partial charge in [-0.2, -0.15) is 5.09 Å². The highest BCUT2D eigenvalue weighted by atomic mass is 31.2. The van der Waals surface area contributed by atoms with Crippen molar-refractivity contribution >= 4 is 7.41 Å². The zero-order valence-electron chi connectivity index (χ0n) is 21.4. The molecule has 2 N–H and O–H groups in total. The van der Waals surface area contributed by atoms with Crippen molar-refractivity contribution in [2.24, 2.45) is 0 Å². The lowest BCUT2D eigenvalue weighted by Gasteiger charge is -2.29. The summed E-state index contributed by atoms with van der Waals surface area (Å²) in [7, 11) is -1.05. The van der Waals surface area contributed by atoms with Gasteiger partial charge in [-0.1, -0.05) is 97.8 Å². The third-order valence-corrected chi connectivity index (χ3v) is 11.0. The van der Waals surface area contributed by atoms with Crippen molar-refractivity contribution in [1.82, 2.24) is 5.09 Å². The third kappa shape index (κ3) is 19.1. The Hall–Kier alpha value is 0.350. The van der Waals surface area contributed by atoms with Gasteiger partial charge in [0.05, 0.1) is 25.9 Å². The van der Waals surface area contributed by atoms with Gasteiger partial charge in [0, 0.05) is 13.2 Å². The second-order valence-electron chi connectivity index (χ2n) is 9.60. The van der Waals surface area contributed by atoms with Crippen LogP contribution >= 0.6 is 7.41 Å². The quantitative estimate of drug-likeness (QED) is 0.109. The molecule has 0 saturated heterocycles. The molecule has 0 unspecified atom stereocenters. The number of aliphatic hydroxyl groups is 1. The lowest BCUT2D eigenvalue weighted by atomic mass is 10.1. The maximum absolute atomic E-state index is 9.33. The molecule has 0 heterocycles. The monoisotopic (exact) mass is 444 g/mol. The van der Waals surface area contributed by atoms with Crippen LogP contribution in [-0.2, 0) is 0 Å². The number of hydrogen-bond acceptors (Lipinski definition) is 2. The molecule has 0 aromatic carbocycles. The Bertz CT molecular complexity index is 283. The molecule has 0 aliphatic heterocycles. The van der Waals surface area contributed by atoms with Gasteiger partial charge >= 0.3 is 0 Å². The van der Waals surface area contributed by atoms with Gasteiger partial charge in [0.1, 0.15) is 0 Å². The van der Waals surface area contributed by atoms with E-state index in [1.807, 2.05) is 0 Å². The van der Waals surface area contributed by atoms with Crippen LogP contribution in [0.15, 0.2) is 0 Å². The largest absolute Gasteiger partial charge is 0.396 e. The van der Waals surface area contributed by atoms with Crippen LogP contribution in [-0.4, -0.2) is 36.7 Å². The van der Waals surface area contributed by atoms with E-state index in [4.69, 9.17) is 0 Å². The number of nitrogens with one attached hydrogen (secondary N) is 1. The number of hydrogen-bond donors (Lipinski definition) is 2. The van der Waals surface area contributed by atoms with Crippen molar-refractivity contribution in [2.75, 3.05) is 31.6 Å². The average Bonchev–Trinajstić information content (AvgIpc) is 2.75. The van der Waals surface area contributed by atoms with E-state index in [1.54, 1.807) is 0 Å². The highest BCUT2D eigenvalue weighted by Crippen LogP contribution is 2.57. The SMILES string of the molecule is CCCCCCCC[P+](CCCCCCCC)(CCCCCCCC)NCCCO. The minimum Gasteiger partial charge on any atom is -0.396 e. The van der Waals surface area contributed by atoms with Crippen LogP contribution in [0.25, 0.3) is 0 Å². The third-order valence-electron chi connectivity index (χ3n) is 6.60. The molecule has 0 bridgehead atoms. The fourth-order valence-corrected chi connectivity index (χ4v) is 8.82. The normalized spacial score (nSPS) is 12.0. The van der Waals surface area contributed by atoms with Crippen molar-refractivity contribution < 1.29 is 5.11 Å². The van der Waals surface area contributed by atoms with Crippen molar-refractivity contribution in [2.45, 2.75) is 143 Å². The molecule has 0 radical (unpaired) electrons. The predicted octanol–water partition coefficient (Wildman–Crippen LogP) is 8.97. The molecule has 0 aromatic rings. The van der Waals surface area contributed by atoms with E-state index in [2.05, 4.69) is 25.9 Å². The van der Waals surface area contributed by atoms with Gasteiger partial charge in [-0.3, -0.25) is 0 Å². The molecule has 30 heavy (non-hydrogen) atoms. The van der Waals surface area contributed by atoms with Crippen molar-refractivity contribution in [3.05, 3.63) is 0 Å². The van der Waals surface area contributed by atoms with E-state index in [-0.39, 0.29) is 0 Å². The van der Waals surface area contributed by atoms with E-state index in [1.165, 1.54) is 134 Å². The smallest absolute Gasteiger partial charge is 0.0799 e. The molecule has 0 atom stereocenters. The first-order chi connectivity index (χ1) is 14.7. The van der Waals surface area contributed by atoms with Gasteiger partial charge in [-0.15, -0.1) is 0 Å². The Morgan fingerprint density at radius 3 is 1.13 bits per heavy atom. The molecule has 0 aliphatic carbocycles. The van der Waals surface area contributed by atoms with Crippen LogP contribution in [0.5, 0.6) is 0 Å². The summed E-state index contributed by atoms with van der Waals surface area (Å²) in [6.07, 6.45) is 30.7. The van der Waals surface area contributed by atoms with Crippen LogP contribution in [0.3, 0.4) is 0 Å². The molecule has 0 rings (SSSR count). The van der Waals surface area contributed by atoms with Crippen molar-refractivity contribution in [3.8, 4) is 0 Å². The maximum atomic E-state index is 9.33. The van der Waals surface area contributed by atoms with E-state index >= 15 is 0 Å². The predicted molar refractivity (Wildman–Crippen MR) is 141 cm³/mol. The molecule has 0 aromatic heterocycles. The Morgan fingerprint density at radius 2 is 0.800 bits per heavy atom. The number of rotatable bonds is 25. The van der Waals surface area contributed by atoms with Crippen LogP contribution in [0.1, 0.15) is 143 Å².